The van der Waals surface area contributed by atoms with Crippen LogP contribution >= 0.6 is 11.8 Å². The van der Waals surface area contributed by atoms with Crippen molar-refractivity contribution >= 4 is 23.9 Å². The Morgan fingerprint density at radius 1 is 1.17 bits per heavy atom. The van der Waals surface area contributed by atoms with E-state index >= 15 is 0 Å². The Labute approximate surface area is 180 Å². The molecule has 3 rings (SSSR count). The third-order valence-corrected chi connectivity index (χ3v) is 5.55. The predicted molar refractivity (Wildman–Crippen MR) is 123 cm³/mol. The minimum absolute atomic E-state index is 0.0236. The molecule has 0 radical (unpaired) electrons. The molecule has 6 nitrogen and oxygen atoms in total. The second-order valence-electron chi connectivity index (χ2n) is 6.58. The summed E-state index contributed by atoms with van der Waals surface area (Å²) in [6, 6.07) is 19.1. The van der Waals surface area contributed by atoms with Gasteiger partial charge >= 0.3 is 0 Å². The van der Waals surface area contributed by atoms with Crippen molar-refractivity contribution in [2.45, 2.75) is 31.1 Å². The molecule has 0 saturated heterocycles. The van der Waals surface area contributed by atoms with E-state index in [1.165, 1.54) is 19.3 Å². The molecule has 0 aliphatic carbocycles. The largest absolute Gasteiger partial charge is 0.290 e. The quantitative estimate of drug-likeness (QED) is 0.220. The lowest BCUT2D eigenvalue weighted by molar-refractivity contribution is 0.778. The first kappa shape index (κ1) is 21.3. The molecule has 0 fully saturated rings. The second-order valence-corrected chi connectivity index (χ2v) is 7.72. The zero-order valence-corrected chi connectivity index (χ0v) is 17.6. The van der Waals surface area contributed by atoms with Crippen molar-refractivity contribution in [2.24, 2.45) is 5.10 Å². The molecule has 30 heavy (non-hydrogen) atoms. The average Bonchev–Trinajstić information content (AvgIpc) is 2.78. The second kappa shape index (κ2) is 11.0. The minimum atomic E-state index is -0.504. The third kappa shape index (κ3) is 5.58. The van der Waals surface area contributed by atoms with E-state index in [1.807, 2.05) is 66.4 Å². The first-order valence-electron chi connectivity index (χ1n) is 9.83. The van der Waals surface area contributed by atoms with Crippen LogP contribution in [0.1, 0.15) is 37.3 Å². The maximum absolute atomic E-state index is 12.3. The zero-order chi connectivity index (χ0) is 21.2. The molecule has 2 aromatic carbocycles. The molecule has 0 amide bonds. The molecular formula is C23H23N5OS. The average molecular weight is 418 g/mol. The van der Waals surface area contributed by atoms with Crippen LogP contribution in [-0.4, -0.2) is 21.9 Å². The summed E-state index contributed by atoms with van der Waals surface area (Å²) in [5.74, 6) is 1.25. The SMILES string of the molecule is CCCCCSc1ccccc1C=NNc1nc(-c2ccccc2)c(C#N)c(=O)[nH]1. The van der Waals surface area contributed by atoms with E-state index in [2.05, 4.69) is 33.5 Å². The van der Waals surface area contributed by atoms with Gasteiger partial charge in [-0.3, -0.25) is 9.78 Å². The van der Waals surface area contributed by atoms with Crippen molar-refractivity contribution in [2.75, 3.05) is 11.2 Å². The number of nitriles is 1. The number of aromatic nitrogens is 2. The molecule has 0 bridgehead atoms. The van der Waals surface area contributed by atoms with E-state index in [0.717, 1.165) is 16.2 Å². The lowest BCUT2D eigenvalue weighted by Gasteiger charge is -2.07. The standard InChI is InChI=1S/C23H23N5OS/c1-2-3-9-14-30-20-13-8-7-12-18(20)16-25-28-23-26-21(17-10-5-4-6-11-17)19(15-24)22(29)27-23/h4-8,10-13,16H,2-3,9,14H2,1H3,(H2,26,27,28,29). The molecule has 3 aromatic rings. The fraction of sp³-hybridized carbons (Fsp3) is 0.217. The van der Waals surface area contributed by atoms with E-state index < -0.39 is 5.56 Å². The first-order chi connectivity index (χ1) is 14.7. The summed E-state index contributed by atoms with van der Waals surface area (Å²) < 4.78 is 0. The molecule has 1 heterocycles. The highest BCUT2D eigenvalue weighted by Crippen LogP contribution is 2.23. The number of hydrogen-bond donors (Lipinski definition) is 2. The first-order valence-corrected chi connectivity index (χ1v) is 10.8. The van der Waals surface area contributed by atoms with Crippen LogP contribution in [0.3, 0.4) is 0 Å². The topological polar surface area (TPSA) is 93.9 Å². The maximum Gasteiger partial charge on any atom is 0.270 e. The van der Waals surface area contributed by atoms with Gasteiger partial charge in [0.1, 0.15) is 11.6 Å². The van der Waals surface area contributed by atoms with E-state index in [-0.39, 0.29) is 11.5 Å². The van der Waals surface area contributed by atoms with Crippen LogP contribution in [0, 0.1) is 11.3 Å². The lowest BCUT2D eigenvalue weighted by atomic mass is 10.1. The molecule has 0 unspecified atom stereocenters. The highest BCUT2D eigenvalue weighted by molar-refractivity contribution is 7.99. The number of anilines is 1. The molecule has 0 aliphatic heterocycles. The van der Waals surface area contributed by atoms with Gasteiger partial charge in [-0.2, -0.15) is 10.4 Å². The number of rotatable bonds is 9. The Kier molecular flexibility index (Phi) is 7.81. The molecular weight excluding hydrogens is 394 g/mol. The van der Waals surface area contributed by atoms with E-state index in [0.29, 0.717) is 11.3 Å². The number of unbranched alkanes of at least 4 members (excludes halogenated alkanes) is 2. The number of nitrogens with one attached hydrogen (secondary N) is 2. The van der Waals surface area contributed by atoms with Gasteiger partial charge in [0, 0.05) is 16.0 Å². The summed E-state index contributed by atoms with van der Waals surface area (Å²) in [4.78, 5) is 20.4. The Bertz CT molecular complexity index is 1100. The fourth-order valence-electron chi connectivity index (χ4n) is 2.85. The summed E-state index contributed by atoms with van der Waals surface area (Å²) in [5.41, 5.74) is 4.27. The van der Waals surface area contributed by atoms with Gasteiger partial charge in [0.15, 0.2) is 0 Å². The molecule has 0 atom stereocenters. The van der Waals surface area contributed by atoms with Gasteiger partial charge in [0.05, 0.1) is 11.9 Å². The molecule has 0 spiro atoms. The number of benzene rings is 2. The van der Waals surface area contributed by atoms with Crippen LogP contribution in [-0.2, 0) is 0 Å². The van der Waals surface area contributed by atoms with Gasteiger partial charge in [-0.05, 0) is 18.2 Å². The van der Waals surface area contributed by atoms with Gasteiger partial charge < -0.3 is 0 Å². The van der Waals surface area contributed by atoms with Crippen LogP contribution in [0.4, 0.5) is 5.95 Å². The zero-order valence-electron chi connectivity index (χ0n) is 16.8. The Morgan fingerprint density at radius 3 is 2.70 bits per heavy atom. The molecule has 152 valence electrons. The third-order valence-electron chi connectivity index (χ3n) is 4.38. The van der Waals surface area contributed by atoms with Crippen molar-refractivity contribution in [3.63, 3.8) is 0 Å². The fourth-order valence-corrected chi connectivity index (χ4v) is 3.88. The number of H-pyrrole nitrogens is 1. The van der Waals surface area contributed by atoms with Crippen molar-refractivity contribution in [1.29, 1.82) is 5.26 Å². The summed E-state index contributed by atoms with van der Waals surface area (Å²) in [6.07, 6.45) is 5.33. The summed E-state index contributed by atoms with van der Waals surface area (Å²) in [7, 11) is 0. The van der Waals surface area contributed by atoms with E-state index in [1.54, 1.807) is 6.21 Å². The molecule has 0 saturated carbocycles. The molecule has 1 aromatic heterocycles. The Morgan fingerprint density at radius 2 is 1.93 bits per heavy atom. The number of thioether (sulfide) groups is 1. The lowest BCUT2D eigenvalue weighted by Crippen LogP contribution is -2.16. The van der Waals surface area contributed by atoms with Gasteiger partial charge in [-0.25, -0.2) is 10.4 Å². The van der Waals surface area contributed by atoms with E-state index in [4.69, 9.17) is 0 Å². The monoisotopic (exact) mass is 417 g/mol. The minimum Gasteiger partial charge on any atom is -0.290 e. The highest BCUT2D eigenvalue weighted by atomic mass is 32.2. The molecule has 7 heteroatoms. The summed E-state index contributed by atoms with van der Waals surface area (Å²) in [6.45, 7) is 2.20. The number of hydrogen-bond acceptors (Lipinski definition) is 6. The predicted octanol–water partition coefficient (Wildman–Crippen LogP) is 5.04. The Hall–Kier alpha value is -3.37. The number of hydrazone groups is 1. The van der Waals surface area contributed by atoms with Crippen LogP contribution in [0.2, 0.25) is 0 Å². The molecule has 2 N–H and O–H groups in total. The van der Waals surface area contributed by atoms with Crippen molar-refractivity contribution in [3.05, 3.63) is 76.1 Å². The smallest absolute Gasteiger partial charge is 0.270 e. The van der Waals surface area contributed by atoms with Gasteiger partial charge in [-0.15, -0.1) is 11.8 Å². The molecule has 0 aliphatic rings. The van der Waals surface area contributed by atoms with Gasteiger partial charge in [0.25, 0.3) is 5.56 Å². The number of aromatic amines is 1. The van der Waals surface area contributed by atoms with Crippen molar-refractivity contribution < 1.29 is 0 Å². The van der Waals surface area contributed by atoms with E-state index in [9.17, 15) is 10.1 Å². The van der Waals surface area contributed by atoms with Crippen LogP contribution in [0.25, 0.3) is 11.3 Å². The van der Waals surface area contributed by atoms with Crippen LogP contribution < -0.4 is 11.0 Å². The summed E-state index contributed by atoms with van der Waals surface area (Å²) >= 11 is 1.81. The summed E-state index contributed by atoms with van der Waals surface area (Å²) in [5, 5.41) is 13.6. The highest BCUT2D eigenvalue weighted by Gasteiger charge is 2.12. The van der Waals surface area contributed by atoms with Crippen molar-refractivity contribution in [3.8, 4) is 17.3 Å². The van der Waals surface area contributed by atoms with Gasteiger partial charge in [-0.1, -0.05) is 68.3 Å². The van der Waals surface area contributed by atoms with Crippen LogP contribution in [0.15, 0.2) is 69.4 Å². The van der Waals surface area contributed by atoms with Crippen LogP contribution in [0.5, 0.6) is 0 Å². The van der Waals surface area contributed by atoms with Crippen molar-refractivity contribution in [1.82, 2.24) is 9.97 Å². The number of nitrogens with zero attached hydrogens (tertiary/aromatic N) is 3. The Balaban J connectivity index is 1.78. The van der Waals surface area contributed by atoms with Gasteiger partial charge in [0.2, 0.25) is 5.95 Å². The maximum atomic E-state index is 12.3. The normalized spacial score (nSPS) is 10.8.